The monoisotopic (exact) mass is 356 g/mol. The van der Waals surface area contributed by atoms with Gasteiger partial charge in [0.15, 0.2) is 11.5 Å². The first-order valence-corrected chi connectivity index (χ1v) is 7.46. The van der Waals surface area contributed by atoms with E-state index in [4.69, 9.17) is 19.3 Å². The fourth-order valence-corrected chi connectivity index (χ4v) is 2.16. The number of hydrogen-bond donors (Lipinski definition) is 4. The highest BCUT2D eigenvalue weighted by molar-refractivity contribution is 5.90. The van der Waals surface area contributed by atoms with Crippen LogP contribution in [0.1, 0.15) is 13.3 Å². The van der Waals surface area contributed by atoms with Crippen LogP contribution < -0.4 is 24.8 Å². The van der Waals surface area contributed by atoms with E-state index in [0.29, 0.717) is 22.9 Å². The number of nitrogens with one attached hydrogen (secondary N) is 2. The number of benzene rings is 1. The van der Waals surface area contributed by atoms with Gasteiger partial charge in [-0.25, -0.2) is 4.79 Å². The maximum absolute atomic E-state index is 12.1. The molecule has 1 aromatic rings. The molecule has 0 saturated heterocycles. The summed E-state index contributed by atoms with van der Waals surface area (Å²) < 4.78 is 15.6. The van der Waals surface area contributed by atoms with Crippen molar-refractivity contribution in [3.05, 3.63) is 12.1 Å². The lowest BCUT2D eigenvalue weighted by atomic mass is 9.88. The second-order valence-electron chi connectivity index (χ2n) is 5.76. The first-order valence-electron chi connectivity index (χ1n) is 7.46. The van der Waals surface area contributed by atoms with Gasteiger partial charge in [-0.1, -0.05) is 6.92 Å². The molecule has 0 heterocycles. The number of aliphatic hydroxyl groups excluding tert-OH is 1. The highest BCUT2D eigenvalue weighted by Gasteiger charge is 2.27. The molecule has 0 aromatic heterocycles. The molecule has 0 fully saturated rings. The number of carbonyl (C=O) groups excluding carboxylic acids is 1. The van der Waals surface area contributed by atoms with Gasteiger partial charge < -0.3 is 35.1 Å². The van der Waals surface area contributed by atoms with Gasteiger partial charge in [-0.15, -0.1) is 0 Å². The van der Waals surface area contributed by atoms with E-state index >= 15 is 0 Å². The molecule has 2 amide bonds. The molecule has 0 aliphatic heterocycles. The van der Waals surface area contributed by atoms with Crippen LogP contribution in [0, 0.1) is 5.41 Å². The van der Waals surface area contributed by atoms with Crippen LogP contribution in [0.3, 0.4) is 0 Å². The van der Waals surface area contributed by atoms with E-state index in [-0.39, 0.29) is 19.6 Å². The minimum atomic E-state index is -1.05. The third kappa shape index (κ3) is 5.71. The molecule has 0 spiro atoms. The Kier molecular flexibility index (Phi) is 7.31. The molecular formula is C16H24N2O7. The molecule has 0 aliphatic carbocycles. The number of ether oxygens (including phenoxy) is 3. The molecule has 1 rings (SSSR count). The van der Waals surface area contributed by atoms with Crippen molar-refractivity contribution < 1.29 is 34.0 Å². The molecule has 4 N–H and O–H groups in total. The fraction of sp³-hybridized carbons (Fsp3) is 0.500. The zero-order valence-electron chi connectivity index (χ0n) is 14.7. The van der Waals surface area contributed by atoms with Crippen LogP contribution in [0.5, 0.6) is 17.2 Å². The van der Waals surface area contributed by atoms with Crippen molar-refractivity contribution in [3.63, 3.8) is 0 Å². The smallest absolute Gasteiger partial charge is 0.319 e. The minimum absolute atomic E-state index is 0.00788. The summed E-state index contributed by atoms with van der Waals surface area (Å²) in [6.45, 7) is 1.19. The third-order valence-corrected chi connectivity index (χ3v) is 3.56. The topological polar surface area (TPSA) is 126 Å². The van der Waals surface area contributed by atoms with Gasteiger partial charge in [-0.3, -0.25) is 4.79 Å². The molecule has 1 aromatic carbocycles. The van der Waals surface area contributed by atoms with Crippen LogP contribution in [0.2, 0.25) is 0 Å². The number of carboxylic acids is 1. The number of aliphatic hydroxyl groups is 1. The van der Waals surface area contributed by atoms with Crippen molar-refractivity contribution in [1.82, 2.24) is 5.32 Å². The van der Waals surface area contributed by atoms with Crippen molar-refractivity contribution in [2.24, 2.45) is 5.41 Å². The number of aliphatic carboxylic acids is 1. The molecule has 0 saturated carbocycles. The lowest BCUT2D eigenvalue weighted by Crippen LogP contribution is -2.41. The zero-order chi connectivity index (χ0) is 19.0. The Morgan fingerprint density at radius 1 is 1.12 bits per heavy atom. The fourth-order valence-electron chi connectivity index (χ4n) is 2.16. The molecule has 9 nitrogen and oxygen atoms in total. The predicted octanol–water partition coefficient (Wildman–Crippen LogP) is 1.31. The lowest BCUT2D eigenvalue weighted by Gasteiger charge is -2.25. The first-order chi connectivity index (χ1) is 11.8. The average Bonchev–Trinajstić information content (AvgIpc) is 2.58. The number of hydrogen-bond acceptors (Lipinski definition) is 6. The highest BCUT2D eigenvalue weighted by Crippen LogP contribution is 2.39. The normalized spacial score (nSPS) is 12.7. The summed E-state index contributed by atoms with van der Waals surface area (Å²) in [5.74, 6) is 0.0973. The Labute approximate surface area is 145 Å². The summed E-state index contributed by atoms with van der Waals surface area (Å²) in [7, 11) is 4.39. The SMILES string of the molecule is COc1cc(NC(=O)NCC(C)(CO)CC(=O)O)cc(OC)c1OC. The summed E-state index contributed by atoms with van der Waals surface area (Å²) in [4.78, 5) is 22.9. The van der Waals surface area contributed by atoms with Crippen LogP contribution in [-0.2, 0) is 4.79 Å². The van der Waals surface area contributed by atoms with Crippen molar-refractivity contribution in [3.8, 4) is 17.2 Å². The Morgan fingerprint density at radius 3 is 2.08 bits per heavy atom. The molecule has 25 heavy (non-hydrogen) atoms. The van der Waals surface area contributed by atoms with Crippen LogP contribution in [0.15, 0.2) is 12.1 Å². The quantitative estimate of drug-likeness (QED) is 0.525. The molecular weight excluding hydrogens is 332 g/mol. The van der Waals surface area contributed by atoms with E-state index < -0.39 is 17.4 Å². The standard InChI is InChI=1S/C16H24N2O7/c1-16(9-19,7-13(20)21)8-17-15(22)18-10-5-11(23-2)14(25-4)12(6-10)24-3/h5-6,19H,7-9H2,1-4H3,(H,20,21)(H2,17,18,22). The summed E-state index contributed by atoms with van der Waals surface area (Å²) in [6, 6.07) is 2.56. The molecule has 140 valence electrons. The number of anilines is 1. The van der Waals surface area contributed by atoms with Gasteiger partial charge in [0.2, 0.25) is 5.75 Å². The number of carboxylic acid groups (broad SMARTS) is 1. The van der Waals surface area contributed by atoms with Crippen LogP contribution in [0.4, 0.5) is 10.5 Å². The summed E-state index contributed by atoms with van der Waals surface area (Å²) in [6.07, 6.45) is -0.270. The molecule has 1 unspecified atom stereocenters. The maximum atomic E-state index is 12.1. The summed E-state index contributed by atoms with van der Waals surface area (Å²) >= 11 is 0. The second kappa shape index (κ2) is 8.97. The highest BCUT2D eigenvalue weighted by atomic mass is 16.5. The van der Waals surface area contributed by atoms with Crippen molar-refractivity contribution in [2.45, 2.75) is 13.3 Å². The van der Waals surface area contributed by atoms with Crippen molar-refractivity contribution in [2.75, 3.05) is 39.8 Å². The first kappa shape index (κ1) is 20.4. The number of methoxy groups -OCH3 is 3. The van der Waals surface area contributed by atoms with Crippen LogP contribution >= 0.6 is 0 Å². The molecule has 0 bridgehead atoms. The van der Waals surface area contributed by atoms with E-state index in [1.807, 2.05) is 0 Å². The molecule has 9 heteroatoms. The van der Waals surface area contributed by atoms with E-state index in [1.165, 1.54) is 21.3 Å². The van der Waals surface area contributed by atoms with Gasteiger partial charge in [0.05, 0.1) is 40.0 Å². The van der Waals surface area contributed by atoms with E-state index in [2.05, 4.69) is 10.6 Å². The van der Waals surface area contributed by atoms with Crippen LogP contribution in [-0.4, -0.2) is 56.7 Å². The Balaban J connectivity index is 2.81. The largest absolute Gasteiger partial charge is 0.493 e. The molecule has 0 aliphatic rings. The average molecular weight is 356 g/mol. The summed E-state index contributed by atoms with van der Waals surface area (Å²) in [5, 5.41) is 23.4. The number of rotatable bonds is 9. The number of amides is 2. The third-order valence-electron chi connectivity index (χ3n) is 3.56. The van der Waals surface area contributed by atoms with Gasteiger partial charge >= 0.3 is 12.0 Å². The van der Waals surface area contributed by atoms with Gasteiger partial charge in [-0.2, -0.15) is 0 Å². The minimum Gasteiger partial charge on any atom is -0.493 e. The van der Waals surface area contributed by atoms with E-state index in [1.54, 1.807) is 19.1 Å². The number of carbonyl (C=O) groups is 2. The van der Waals surface area contributed by atoms with Gasteiger partial charge in [0.25, 0.3) is 0 Å². The van der Waals surface area contributed by atoms with Gasteiger partial charge in [0, 0.05) is 24.1 Å². The molecule has 1 atom stereocenters. The maximum Gasteiger partial charge on any atom is 0.319 e. The Bertz CT molecular complexity index is 595. The number of urea groups is 1. The molecule has 0 radical (unpaired) electrons. The van der Waals surface area contributed by atoms with Crippen molar-refractivity contribution >= 4 is 17.7 Å². The van der Waals surface area contributed by atoms with Gasteiger partial charge in [0.1, 0.15) is 0 Å². The zero-order valence-corrected chi connectivity index (χ0v) is 14.7. The summed E-state index contributed by atoms with van der Waals surface area (Å²) in [5.41, 5.74) is -0.561. The lowest BCUT2D eigenvalue weighted by molar-refractivity contribution is -0.140. The van der Waals surface area contributed by atoms with Gasteiger partial charge in [-0.05, 0) is 0 Å². The predicted molar refractivity (Wildman–Crippen MR) is 90.6 cm³/mol. The van der Waals surface area contributed by atoms with Crippen LogP contribution in [0.25, 0.3) is 0 Å². The van der Waals surface area contributed by atoms with E-state index in [9.17, 15) is 14.7 Å². The Hall–Kier alpha value is -2.68. The van der Waals surface area contributed by atoms with Crippen molar-refractivity contribution in [1.29, 1.82) is 0 Å². The Morgan fingerprint density at radius 2 is 1.68 bits per heavy atom. The van der Waals surface area contributed by atoms with E-state index in [0.717, 1.165) is 0 Å². The second-order valence-corrected chi connectivity index (χ2v) is 5.76.